The third-order valence-corrected chi connectivity index (χ3v) is 2.17. The van der Waals surface area contributed by atoms with E-state index in [2.05, 4.69) is 4.74 Å². The largest absolute Gasteiger partial charge is 0.478 e. The Morgan fingerprint density at radius 1 is 1.59 bits per heavy atom. The third kappa shape index (κ3) is 3.04. The number of nitriles is 1. The summed E-state index contributed by atoms with van der Waals surface area (Å²) in [5.74, 6) is -1.91. The van der Waals surface area contributed by atoms with Gasteiger partial charge in [0.1, 0.15) is 11.8 Å². The van der Waals surface area contributed by atoms with Crippen LogP contribution in [0.2, 0.25) is 0 Å². The van der Waals surface area contributed by atoms with Gasteiger partial charge >= 0.3 is 12.6 Å². The Morgan fingerprint density at radius 2 is 2.24 bits per heavy atom. The predicted octanol–water partition coefficient (Wildman–Crippen LogP) is 2.60. The van der Waals surface area contributed by atoms with Gasteiger partial charge in [0.05, 0.1) is 17.0 Å². The van der Waals surface area contributed by atoms with Crippen molar-refractivity contribution in [2.24, 2.45) is 0 Å². The minimum absolute atomic E-state index is 0.0309. The molecule has 1 aromatic rings. The Hall–Kier alpha value is -1.87. The number of carbonyl (C=O) groups is 1. The molecule has 0 bridgehead atoms. The molecule has 4 nitrogen and oxygen atoms in total. The molecule has 0 amide bonds. The molecule has 0 unspecified atom stereocenters. The maximum absolute atomic E-state index is 12.1. The average Bonchev–Trinajstić information content (AvgIpc) is 2.28. The van der Waals surface area contributed by atoms with Crippen LogP contribution in [0.15, 0.2) is 12.1 Å². The van der Waals surface area contributed by atoms with Gasteiger partial charge in [-0.2, -0.15) is 14.0 Å². The molecule has 0 saturated carbocycles. The second-order valence-corrected chi connectivity index (χ2v) is 3.21. The highest BCUT2D eigenvalue weighted by atomic mass is 35.5. The molecule has 0 aliphatic heterocycles. The van der Waals surface area contributed by atoms with E-state index in [9.17, 15) is 13.6 Å². The Kier molecular flexibility index (Phi) is 4.24. The Balaban J connectivity index is 3.37. The number of rotatable bonds is 4. The fourth-order valence-electron chi connectivity index (χ4n) is 1.22. The standard InChI is InChI=1S/C10H6ClF2NO3/c11-3-6-1-5(9(15)16)2-7(4-14)8(6)17-10(12)13/h1-2,10H,3H2,(H,15,16). The molecular weight excluding hydrogens is 256 g/mol. The maximum Gasteiger partial charge on any atom is 0.387 e. The molecule has 0 fully saturated rings. The smallest absolute Gasteiger partial charge is 0.387 e. The summed E-state index contributed by atoms with van der Waals surface area (Å²) in [6.07, 6.45) is 0. The number of ether oxygens (including phenoxy) is 1. The van der Waals surface area contributed by atoms with Gasteiger partial charge in [-0.25, -0.2) is 4.79 Å². The topological polar surface area (TPSA) is 70.3 Å². The van der Waals surface area contributed by atoms with E-state index in [4.69, 9.17) is 22.0 Å². The first-order valence-corrected chi connectivity index (χ1v) is 4.84. The Morgan fingerprint density at radius 3 is 2.65 bits per heavy atom. The minimum atomic E-state index is -3.11. The van der Waals surface area contributed by atoms with Crippen LogP contribution < -0.4 is 4.74 Å². The van der Waals surface area contributed by atoms with E-state index in [1.54, 1.807) is 6.07 Å². The van der Waals surface area contributed by atoms with Gasteiger partial charge in [-0.15, -0.1) is 11.6 Å². The SMILES string of the molecule is N#Cc1cc(C(=O)O)cc(CCl)c1OC(F)F. The summed E-state index contributed by atoms with van der Waals surface area (Å²) in [5.41, 5.74) is -0.469. The van der Waals surface area contributed by atoms with Crippen molar-refractivity contribution >= 4 is 17.6 Å². The van der Waals surface area contributed by atoms with Crippen molar-refractivity contribution in [3.8, 4) is 11.8 Å². The molecule has 0 saturated heterocycles. The summed E-state index contributed by atoms with van der Waals surface area (Å²) < 4.78 is 28.4. The summed E-state index contributed by atoms with van der Waals surface area (Å²) >= 11 is 5.49. The molecule has 0 atom stereocenters. The van der Waals surface area contributed by atoms with Crippen molar-refractivity contribution in [3.05, 3.63) is 28.8 Å². The zero-order valence-corrected chi connectivity index (χ0v) is 9.04. The number of nitrogens with zero attached hydrogens (tertiary/aromatic N) is 1. The first-order chi connectivity index (χ1) is 7.99. The summed E-state index contributed by atoms with van der Waals surface area (Å²) in [6, 6.07) is 3.64. The van der Waals surface area contributed by atoms with Gasteiger partial charge in [0.2, 0.25) is 0 Å². The Labute approximate surface area is 100.0 Å². The van der Waals surface area contributed by atoms with Crippen LogP contribution in [0, 0.1) is 11.3 Å². The highest BCUT2D eigenvalue weighted by Crippen LogP contribution is 2.28. The molecular formula is C10H6ClF2NO3. The van der Waals surface area contributed by atoms with Crippen molar-refractivity contribution in [1.29, 1.82) is 5.26 Å². The Bertz CT molecular complexity index is 485. The molecule has 90 valence electrons. The van der Waals surface area contributed by atoms with E-state index < -0.39 is 12.6 Å². The number of benzene rings is 1. The van der Waals surface area contributed by atoms with Crippen LogP contribution >= 0.6 is 11.6 Å². The molecule has 1 aromatic carbocycles. The summed E-state index contributed by atoms with van der Waals surface area (Å²) in [4.78, 5) is 10.7. The average molecular weight is 262 g/mol. The van der Waals surface area contributed by atoms with Crippen LogP contribution in [0.1, 0.15) is 21.5 Å². The first-order valence-electron chi connectivity index (χ1n) is 4.30. The number of hydrogen-bond donors (Lipinski definition) is 1. The molecule has 7 heteroatoms. The van der Waals surface area contributed by atoms with Gasteiger partial charge in [0, 0.05) is 5.56 Å². The number of hydrogen-bond acceptors (Lipinski definition) is 3. The van der Waals surface area contributed by atoms with E-state index in [0.717, 1.165) is 12.1 Å². The summed E-state index contributed by atoms with van der Waals surface area (Å²) in [6.45, 7) is -3.11. The monoisotopic (exact) mass is 261 g/mol. The summed E-state index contributed by atoms with van der Waals surface area (Å²) in [5, 5.41) is 17.5. The van der Waals surface area contributed by atoms with E-state index >= 15 is 0 Å². The number of alkyl halides is 3. The van der Waals surface area contributed by atoms with Crippen LogP contribution in [-0.4, -0.2) is 17.7 Å². The van der Waals surface area contributed by atoms with Crippen molar-refractivity contribution in [2.75, 3.05) is 0 Å². The molecule has 1 N–H and O–H groups in total. The lowest BCUT2D eigenvalue weighted by Crippen LogP contribution is -2.08. The fraction of sp³-hybridized carbons (Fsp3) is 0.200. The number of halogens is 3. The highest BCUT2D eigenvalue weighted by Gasteiger charge is 2.18. The van der Waals surface area contributed by atoms with Gasteiger partial charge in [-0.05, 0) is 12.1 Å². The molecule has 0 aliphatic rings. The summed E-state index contributed by atoms with van der Waals surface area (Å²) in [7, 11) is 0. The molecule has 0 aromatic heterocycles. The molecule has 0 heterocycles. The van der Waals surface area contributed by atoms with Crippen LogP contribution in [0.5, 0.6) is 5.75 Å². The van der Waals surface area contributed by atoms with Gasteiger partial charge in [-0.1, -0.05) is 0 Å². The van der Waals surface area contributed by atoms with E-state index in [1.165, 1.54) is 0 Å². The van der Waals surface area contributed by atoms with Gasteiger partial charge in [-0.3, -0.25) is 0 Å². The van der Waals surface area contributed by atoms with Crippen LogP contribution in [0.25, 0.3) is 0 Å². The molecule has 17 heavy (non-hydrogen) atoms. The van der Waals surface area contributed by atoms with Crippen LogP contribution in [0.3, 0.4) is 0 Å². The normalized spacial score (nSPS) is 10.1. The molecule has 0 spiro atoms. The molecule has 1 rings (SSSR count). The fourth-order valence-corrected chi connectivity index (χ4v) is 1.42. The van der Waals surface area contributed by atoms with Crippen molar-refractivity contribution < 1.29 is 23.4 Å². The third-order valence-electron chi connectivity index (χ3n) is 1.88. The van der Waals surface area contributed by atoms with Gasteiger partial charge < -0.3 is 9.84 Å². The minimum Gasteiger partial charge on any atom is -0.478 e. The van der Waals surface area contributed by atoms with Crippen molar-refractivity contribution in [3.63, 3.8) is 0 Å². The van der Waals surface area contributed by atoms with Gasteiger partial charge in [0.15, 0.2) is 0 Å². The maximum atomic E-state index is 12.1. The zero-order chi connectivity index (χ0) is 13.0. The van der Waals surface area contributed by atoms with E-state index in [-0.39, 0.29) is 28.3 Å². The molecule has 0 aliphatic carbocycles. The van der Waals surface area contributed by atoms with Crippen LogP contribution in [-0.2, 0) is 5.88 Å². The second kappa shape index (κ2) is 5.46. The quantitative estimate of drug-likeness (QED) is 0.846. The van der Waals surface area contributed by atoms with Crippen LogP contribution in [0.4, 0.5) is 8.78 Å². The van der Waals surface area contributed by atoms with Gasteiger partial charge in [0.25, 0.3) is 0 Å². The molecule has 0 radical (unpaired) electrons. The van der Waals surface area contributed by atoms with E-state index in [0.29, 0.717) is 0 Å². The lowest BCUT2D eigenvalue weighted by atomic mass is 10.1. The number of carboxylic acids is 1. The first kappa shape index (κ1) is 13.2. The second-order valence-electron chi connectivity index (χ2n) is 2.94. The zero-order valence-electron chi connectivity index (χ0n) is 8.28. The van der Waals surface area contributed by atoms with Crippen molar-refractivity contribution in [1.82, 2.24) is 0 Å². The lowest BCUT2D eigenvalue weighted by Gasteiger charge is -2.11. The predicted molar refractivity (Wildman–Crippen MR) is 54.3 cm³/mol. The number of aromatic carboxylic acids is 1. The number of carboxylic acid groups (broad SMARTS) is 1. The lowest BCUT2D eigenvalue weighted by molar-refractivity contribution is -0.0505. The van der Waals surface area contributed by atoms with Crippen molar-refractivity contribution in [2.45, 2.75) is 12.5 Å². The highest BCUT2D eigenvalue weighted by molar-refractivity contribution is 6.17. The van der Waals surface area contributed by atoms with E-state index in [1.807, 2.05) is 0 Å².